The summed E-state index contributed by atoms with van der Waals surface area (Å²) in [5, 5.41) is 18.3. The molecule has 0 aromatic heterocycles. The highest BCUT2D eigenvalue weighted by Crippen LogP contribution is 2.17. The maximum atomic E-state index is 10.5. The number of hydrogen-bond acceptors (Lipinski definition) is 5. The van der Waals surface area contributed by atoms with E-state index in [1.807, 2.05) is 6.92 Å². The molecule has 6 heteroatoms. The van der Waals surface area contributed by atoms with Crippen LogP contribution in [0.25, 0.3) is 0 Å². The fourth-order valence-corrected chi connectivity index (χ4v) is 1.98. The van der Waals surface area contributed by atoms with Crippen molar-refractivity contribution in [2.24, 2.45) is 16.6 Å². The zero-order valence-electron chi connectivity index (χ0n) is 10.9. The van der Waals surface area contributed by atoms with Gasteiger partial charge in [-0.15, -0.1) is 0 Å². The van der Waals surface area contributed by atoms with Crippen molar-refractivity contribution in [1.29, 1.82) is 0 Å². The molecule has 0 aliphatic carbocycles. The molecule has 0 amide bonds. The van der Waals surface area contributed by atoms with Crippen LogP contribution in [0.1, 0.15) is 33.1 Å². The Morgan fingerprint density at radius 3 is 2.89 bits per heavy atom. The van der Waals surface area contributed by atoms with Gasteiger partial charge in [0.05, 0.1) is 18.6 Å². The number of nitrogens with two attached hydrogens (primary N) is 1. The van der Waals surface area contributed by atoms with Crippen LogP contribution in [-0.2, 0) is 9.53 Å². The van der Waals surface area contributed by atoms with Gasteiger partial charge in [-0.2, -0.15) is 0 Å². The van der Waals surface area contributed by atoms with E-state index in [-0.39, 0.29) is 25.0 Å². The average molecular weight is 258 g/mol. The van der Waals surface area contributed by atoms with Gasteiger partial charge in [-0.3, -0.25) is 4.79 Å². The van der Waals surface area contributed by atoms with Crippen molar-refractivity contribution in [3.8, 4) is 0 Å². The number of hydrogen-bond donors (Lipinski definition) is 3. The summed E-state index contributed by atoms with van der Waals surface area (Å²) in [5.41, 5.74) is 6.02. The standard InChI is InChI=1S/C12H22N2O4/c1-3-4-7(2)11(13)12-14-8(6-18-12)9(15)5-10(16)17/h7-9,11,15H,3-6,13H2,1-2H3,(H,16,17). The van der Waals surface area contributed by atoms with Crippen molar-refractivity contribution in [3.05, 3.63) is 0 Å². The molecule has 0 fully saturated rings. The summed E-state index contributed by atoms with van der Waals surface area (Å²) < 4.78 is 5.37. The minimum absolute atomic E-state index is 0.205. The van der Waals surface area contributed by atoms with Gasteiger partial charge < -0.3 is 20.7 Å². The average Bonchev–Trinajstić information content (AvgIpc) is 2.76. The summed E-state index contributed by atoms with van der Waals surface area (Å²) in [5.74, 6) is -0.357. The predicted octanol–water partition coefficient (Wildman–Crippen LogP) is 0.383. The van der Waals surface area contributed by atoms with Gasteiger partial charge in [0.2, 0.25) is 5.90 Å². The first-order valence-corrected chi connectivity index (χ1v) is 6.31. The molecule has 0 bridgehead atoms. The van der Waals surface area contributed by atoms with E-state index in [1.54, 1.807) is 0 Å². The largest absolute Gasteiger partial charge is 0.481 e. The number of carboxylic acids is 1. The fraction of sp³-hybridized carbons (Fsp3) is 0.833. The lowest BCUT2D eigenvalue weighted by molar-refractivity contribution is -0.139. The Labute approximate surface area is 107 Å². The third-order valence-electron chi connectivity index (χ3n) is 3.17. The van der Waals surface area contributed by atoms with Crippen LogP contribution in [0.3, 0.4) is 0 Å². The van der Waals surface area contributed by atoms with Gasteiger partial charge in [0.15, 0.2) is 0 Å². The van der Waals surface area contributed by atoms with Crippen molar-refractivity contribution in [2.75, 3.05) is 6.61 Å². The molecule has 0 aromatic rings. The Hall–Kier alpha value is -1.14. The highest BCUT2D eigenvalue weighted by atomic mass is 16.5. The third-order valence-corrected chi connectivity index (χ3v) is 3.17. The molecular formula is C12H22N2O4. The van der Waals surface area contributed by atoms with Gasteiger partial charge in [-0.05, 0) is 12.3 Å². The number of carboxylic acid groups (broad SMARTS) is 1. The van der Waals surface area contributed by atoms with Crippen LogP contribution in [0.2, 0.25) is 0 Å². The highest BCUT2D eigenvalue weighted by molar-refractivity contribution is 5.83. The van der Waals surface area contributed by atoms with Gasteiger partial charge in [-0.25, -0.2) is 4.99 Å². The van der Waals surface area contributed by atoms with E-state index in [2.05, 4.69) is 11.9 Å². The van der Waals surface area contributed by atoms with Crippen LogP contribution in [0.5, 0.6) is 0 Å². The molecule has 4 atom stereocenters. The highest BCUT2D eigenvalue weighted by Gasteiger charge is 2.31. The number of ether oxygens (including phenoxy) is 1. The molecule has 0 saturated carbocycles. The van der Waals surface area contributed by atoms with Gasteiger partial charge in [0.1, 0.15) is 12.6 Å². The van der Waals surface area contributed by atoms with E-state index in [0.717, 1.165) is 12.8 Å². The Bertz CT molecular complexity index is 319. The minimum Gasteiger partial charge on any atom is -0.481 e. The lowest BCUT2D eigenvalue weighted by Gasteiger charge is -2.18. The normalized spacial score (nSPS) is 24.0. The molecule has 0 spiro atoms. The number of nitrogens with zero attached hydrogens (tertiary/aromatic N) is 1. The van der Waals surface area contributed by atoms with E-state index in [9.17, 15) is 9.90 Å². The lowest BCUT2D eigenvalue weighted by Crippen LogP contribution is -2.37. The molecule has 104 valence electrons. The van der Waals surface area contributed by atoms with Crippen LogP contribution in [0, 0.1) is 5.92 Å². The predicted molar refractivity (Wildman–Crippen MR) is 67.5 cm³/mol. The first-order chi connectivity index (χ1) is 8.45. The number of carbonyl (C=O) groups is 1. The van der Waals surface area contributed by atoms with Crippen LogP contribution in [0.15, 0.2) is 4.99 Å². The van der Waals surface area contributed by atoms with Crippen LogP contribution in [-0.4, -0.2) is 46.9 Å². The molecule has 0 aromatic carbocycles. The van der Waals surface area contributed by atoms with E-state index >= 15 is 0 Å². The summed E-state index contributed by atoms with van der Waals surface area (Å²) in [6.45, 7) is 4.32. The van der Waals surface area contributed by atoms with Gasteiger partial charge in [0.25, 0.3) is 0 Å². The van der Waals surface area contributed by atoms with Crippen molar-refractivity contribution in [1.82, 2.24) is 0 Å². The van der Waals surface area contributed by atoms with E-state index in [0.29, 0.717) is 5.90 Å². The van der Waals surface area contributed by atoms with Crippen molar-refractivity contribution in [2.45, 2.75) is 51.3 Å². The van der Waals surface area contributed by atoms with E-state index in [1.165, 1.54) is 0 Å². The zero-order valence-corrected chi connectivity index (χ0v) is 10.9. The zero-order chi connectivity index (χ0) is 13.7. The molecule has 4 unspecified atom stereocenters. The lowest BCUT2D eigenvalue weighted by atomic mass is 9.97. The quantitative estimate of drug-likeness (QED) is 0.612. The molecule has 0 saturated heterocycles. The number of aliphatic hydroxyl groups excluding tert-OH is 1. The molecule has 6 nitrogen and oxygen atoms in total. The molecule has 1 aliphatic rings. The SMILES string of the molecule is CCCC(C)C(N)C1=NC(C(O)CC(=O)O)CO1. The van der Waals surface area contributed by atoms with Crippen molar-refractivity contribution < 1.29 is 19.7 Å². The second-order valence-electron chi connectivity index (χ2n) is 4.80. The summed E-state index contributed by atoms with van der Waals surface area (Å²) in [6.07, 6.45) is 0.664. The van der Waals surface area contributed by atoms with E-state index < -0.39 is 18.1 Å². The molecule has 1 rings (SSSR count). The van der Waals surface area contributed by atoms with Gasteiger partial charge in [-0.1, -0.05) is 20.3 Å². The molecule has 4 N–H and O–H groups in total. The number of aliphatic carboxylic acids is 1. The summed E-state index contributed by atoms with van der Waals surface area (Å²) in [4.78, 5) is 14.7. The molecule has 1 heterocycles. The molecule has 0 radical (unpaired) electrons. The summed E-state index contributed by atoms with van der Waals surface area (Å²) in [7, 11) is 0. The third kappa shape index (κ3) is 3.96. The smallest absolute Gasteiger partial charge is 0.306 e. The summed E-state index contributed by atoms with van der Waals surface area (Å²) in [6, 6.07) is -0.803. The second-order valence-corrected chi connectivity index (χ2v) is 4.80. The molecule has 1 aliphatic heterocycles. The van der Waals surface area contributed by atoms with Gasteiger partial charge in [0, 0.05) is 0 Å². The number of rotatable bonds is 7. The van der Waals surface area contributed by atoms with Crippen molar-refractivity contribution in [3.63, 3.8) is 0 Å². The van der Waals surface area contributed by atoms with Crippen LogP contribution < -0.4 is 5.73 Å². The maximum Gasteiger partial charge on any atom is 0.306 e. The molecule has 18 heavy (non-hydrogen) atoms. The Morgan fingerprint density at radius 1 is 1.67 bits per heavy atom. The van der Waals surface area contributed by atoms with Crippen LogP contribution >= 0.6 is 0 Å². The maximum absolute atomic E-state index is 10.5. The Kier molecular flexibility index (Phi) is 5.55. The summed E-state index contributed by atoms with van der Waals surface area (Å²) >= 11 is 0. The molecular weight excluding hydrogens is 236 g/mol. The first kappa shape index (κ1) is 14.9. The number of aliphatic imine (C=N–C) groups is 1. The second kappa shape index (κ2) is 6.70. The monoisotopic (exact) mass is 258 g/mol. The minimum atomic E-state index is -1.05. The Morgan fingerprint density at radius 2 is 2.33 bits per heavy atom. The Balaban J connectivity index is 2.56. The van der Waals surface area contributed by atoms with E-state index in [4.69, 9.17) is 15.6 Å². The van der Waals surface area contributed by atoms with Gasteiger partial charge >= 0.3 is 5.97 Å². The topological polar surface area (TPSA) is 105 Å². The first-order valence-electron chi connectivity index (χ1n) is 6.31. The fourth-order valence-electron chi connectivity index (χ4n) is 1.98. The van der Waals surface area contributed by atoms with Crippen molar-refractivity contribution >= 4 is 11.9 Å². The number of aliphatic hydroxyl groups is 1. The van der Waals surface area contributed by atoms with Crippen LogP contribution in [0.4, 0.5) is 0 Å².